The Bertz CT molecular complexity index is 502. The number of fused-ring (bicyclic) bond motifs is 1. The quantitative estimate of drug-likeness (QED) is 0.880. The van der Waals surface area contributed by atoms with Crippen molar-refractivity contribution in [3.05, 3.63) is 30.1 Å². The molecule has 1 heterocycles. The number of aromatic nitrogens is 2. The number of hydrogen-bond acceptors (Lipinski definition) is 2. The molecule has 1 aromatic carbocycles. The highest BCUT2D eigenvalue weighted by atomic mass is 16.3. The molecule has 0 saturated carbocycles. The number of benzene rings is 1. The molecule has 0 bridgehead atoms. The molecule has 0 spiro atoms. The number of aliphatic hydroxyl groups is 1. The van der Waals surface area contributed by atoms with Gasteiger partial charge in [0.25, 0.3) is 0 Å². The van der Waals surface area contributed by atoms with E-state index in [0.29, 0.717) is 0 Å². The van der Waals surface area contributed by atoms with Crippen molar-refractivity contribution in [1.82, 2.24) is 9.55 Å². The van der Waals surface area contributed by atoms with Crippen LogP contribution >= 0.6 is 0 Å². The van der Waals surface area contributed by atoms with Gasteiger partial charge in [-0.25, -0.2) is 4.98 Å². The summed E-state index contributed by atoms with van der Waals surface area (Å²) in [6.45, 7) is 6.95. The Morgan fingerprint density at radius 3 is 2.65 bits per heavy atom. The summed E-state index contributed by atoms with van der Waals surface area (Å²) in [4.78, 5) is 4.66. The van der Waals surface area contributed by atoms with Gasteiger partial charge in [-0.3, -0.25) is 0 Å². The number of imidazole rings is 1. The van der Waals surface area contributed by atoms with Crippen LogP contribution in [0.2, 0.25) is 0 Å². The Kier molecular flexibility index (Phi) is 3.48. The zero-order valence-corrected chi connectivity index (χ0v) is 10.7. The fourth-order valence-electron chi connectivity index (χ4n) is 2.09. The first kappa shape index (κ1) is 12.1. The van der Waals surface area contributed by atoms with Crippen molar-refractivity contribution in [3.63, 3.8) is 0 Å². The second-order valence-corrected chi connectivity index (χ2v) is 4.68. The number of hydrogen-bond donors (Lipinski definition) is 1. The summed E-state index contributed by atoms with van der Waals surface area (Å²) in [7, 11) is 0. The van der Waals surface area contributed by atoms with Crippen LogP contribution in [-0.2, 0) is 13.0 Å². The highest BCUT2D eigenvalue weighted by Gasteiger charge is 2.15. The Balaban J connectivity index is 2.39. The van der Waals surface area contributed by atoms with Gasteiger partial charge in [-0.15, -0.1) is 0 Å². The number of para-hydroxylation sites is 2. The fourth-order valence-corrected chi connectivity index (χ4v) is 2.09. The second kappa shape index (κ2) is 4.88. The minimum atomic E-state index is -0.292. The molecule has 0 amide bonds. The van der Waals surface area contributed by atoms with Crippen LogP contribution in [0.15, 0.2) is 24.3 Å². The van der Waals surface area contributed by atoms with Crippen molar-refractivity contribution in [2.45, 2.75) is 39.8 Å². The minimum Gasteiger partial charge on any atom is -0.393 e. The van der Waals surface area contributed by atoms with Crippen LogP contribution in [0.3, 0.4) is 0 Å². The van der Waals surface area contributed by atoms with E-state index in [9.17, 15) is 5.11 Å². The number of nitrogens with zero attached hydrogens (tertiary/aromatic N) is 2. The maximum Gasteiger partial charge on any atom is 0.110 e. The third-order valence-corrected chi connectivity index (χ3v) is 3.38. The molecular weight excluding hydrogens is 212 g/mol. The van der Waals surface area contributed by atoms with Gasteiger partial charge in [-0.1, -0.05) is 19.1 Å². The Morgan fingerprint density at radius 1 is 1.29 bits per heavy atom. The lowest BCUT2D eigenvalue weighted by molar-refractivity contribution is 0.133. The summed E-state index contributed by atoms with van der Waals surface area (Å²) in [5, 5.41) is 9.58. The molecule has 2 aromatic rings. The van der Waals surface area contributed by atoms with Gasteiger partial charge in [-0.2, -0.15) is 0 Å². The number of rotatable bonds is 4. The standard InChI is InChI=1S/C14H20N2O/c1-4-16-13-8-6-5-7-12(13)15-14(16)9-10(2)11(3)17/h5-8,10-11,17H,4,9H2,1-3H3. The van der Waals surface area contributed by atoms with Gasteiger partial charge >= 0.3 is 0 Å². The predicted octanol–water partition coefficient (Wildman–Crippen LogP) is 2.62. The molecule has 3 heteroatoms. The first-order chi connectivity index (χ1) is 8.13. The molecule has 2 unspecified atom stereocenters. The lowest BCUT2D eigenvalue weighted by Gasteiger charge is -2.14. The van der Waals surface area contributed by atoms with Crippen molar-refractivity contribution >= 4 is 11.0 Å². The largest absolute Gasteiger partial charge is 0.393 e. The molecule has 17 heavy (non-hydrogen) atoms. The molecule has 0 radical (unpaired) electrons. The smallest absolute Gasteiger partial charge is 0.110 e. The molecule has 0 aliphatic heterocycles. The topological polar surface area (TPSA) is 38.0 Å². The zero-order chi connectivity index (χ0) is 12.4. The lowest BCUT2D eigenvalue weighted by Crippen LogP contribution is -2.18. The van der Waals surface area contributed by atoms with E-state index in [2.05, 4.69) is 29.5 Å². The van der Waals surface area contributed by atoms with Crippen LogP contribution in [0.1, 0.15) is 26.6 Å². The average Bonchev–Trinajstić information content (AvgIpc) is 2.65. The van der Waals surface area contributed by atoms with E-state index < -0.39 is 0 Å². The maximum atomic E-state index is 9.58. The zero-order valence-electron chi connectivity index (χ0n) is 10.7. The summed E-state index contributed by atoms with van der Waals surface area (Å²) in [5.41, 5.74) is 2.23. The lowest BCUT2D eigenvalue weighted by atomic mass is 10.0. The van der Waals surface area contributed by atoms with Gasteiger partial charge in [0, 0.05) is 13.0 Å². The normalized spacial score (nSPS) is 15.1. The van der Waals surface area contributed by atoms with Crippen molar-refractivity contribution in [1.29, 1.82) is 0 Å². The van der Waals surface area contributed by atoms with E-state index >= 15 is 0 Å². The van der Waals surface area contributed by atoms with Crippen molar-refractivity contribution in [2.24, 2.45) is 5.92 Å². The van der Waals surface area contributed by atoms with Crippen molar-refractivity contribution < 1.29 is 5.11 Å². The van der Waals surface area contributed by atoms with Crippen LogP contribution in [-0.4, -0.2) is 20.8 Å². The van der Waals surface area contributed by atoms with E-state index in [0.717, 1.165) is 24.3 Å². The predicted molar refractivity (Wildman–Crippen MR) is 70.0 cm³/mol. The second-order valence-electron chi connectivity index (χ2n) is 4.68. The Morgan fingerprint density at radius 2 is 2.00 bits per heavy atom. The summed E-state index contributed by atoms with van der Waals surface area (Å²) in [5.74, 6) is 1.30. The Labute approximate surface area is 102 Å². The third-order valence-electron chi connectivity index (χ3n) is 3.38. The van der Waals surface area contributed by atoms with Crippen LogP contribution in [0, 0.1) is 5.92 Å². The molecule has 92 valence electrons. The van der Waals surface area contributed by atoms with Gasteiger partial charge in [0.15, 0.2) is 0 Å². The number of aryl methyl sites for hydroxylation is 1. The van der Waals surface area contributed by atoms with Gasteiger partial charge in [0.1, 0.15) is 5.82 Å². The summed E-state index contributed by atoms with van der Waals surface area (Å²) in [6.07, 6.45) is 0.528. The van der Waals surface area contributed by atoms with E-state index in [1.54, 1.807) is 0 Å². The summed E-state index contributed by atoms with van der Waals surface area (Å²) in [6, 6.07) is 8.19. The molecule has 3 nitrogen and oxygen atoms in total. The molecule has 0 aliphatic rings. The molecule has 1 N–H and O–H groups in total. The molecule has 0 fully saturated rings. The van der Waals surface area contributed by atoms with E-state index in [-0.39, 0.29) is 12.0 Å². The molecular formula is C14H20N2O. The summed E-state index contributed by atoms with van der Waals surface area (Å²) >= 11 is 0. The molecule has 0 aliphatic carbocycles. The van der Waals surface area contributed by atoms with E-state index in [1.807, 2.05) is 25.1 Å². The minimum absolute atomic E-state index is 0.233. The first-order valence-corrected chi connectivity index (χ1v) is 6.25. The fraction of sp³-hybridized carbons (Fsp3) is 0.500. The average molecular weight is 232 g/mol. The number of aliphatic hydroxyl groups excluding tert-OH is 1. The SMILES string of the molecule is CCn1c(CC(C)C(C)O)nc2ccccc21. The first-order valence-electron chi connectivity index (χ1n) is 6.25. The maximum absolute atomic E-state index is 9.58. The monoisotopic (exact) mass is 232 g/mol. The van der Waals surface area contributed by atoms with Crippen molar-refractivity contribution in [2.75, 3.05) is 0 Å². The molecule has 2 atom stereocenters. The van der Waals surface area contributed by atoms with Gasteiger partial charge in [0.2, 0.25) is 0 Å². The van der Waals surface area contributed by atoms with Crippen LogP contribution in [0.5, 0.6) is 0 Å². The third kappa shape index (κ3) is 2.34. The highest BCUT2D eigenvalue weighted by Crippen LogP contribution is 2.19. The van der Waals surface area contributed by atoms with Gasteiger partial charge < -0.3 is 9.67 Å². The molecule has 1 aromatic heterocycles. The van der Waals surface area contributed by atoms with Crippen LogP contribution in [0.25, 0.3) is 11.0 Å². The Hall–Kier alpha value is -1.35. The van der Waals surface area contributed by atoms with E-state index in [4.69, 9.17) is 0 Å². The highest BCUT2D eigenvalue weighted by molar-refractivity contribution is 5.75. The molecule has 2 rings (SSSR count). The summed E-state index contributed by atoms with van der Waals surface area (Å²) < 4.78 is 2.23. The van der Waals surface area contributed by atoms with E-state index in [1.165, 1.54) is 5.52 Å². The van der Waals surface area contributed by atoms with Gasteiger partial charge in [0.05, 0.1) is 17.1 Å². The van der Waals surface area contributed by atoms with Crippen LogP contribution in [0.4, 0.5) is 0 Å². The van der Waals surface area contributed by atoms with Crippen molar-refractivity contribution in [3.8, 4) is 0 Å². The van der Waals surface area contributed by atoms with Crippen LogP contribution < -0.4 is 0 Å². The molecule has 0 saturated heterocycles. The van der Waals surface area contributed by atoms with Gasteiger partial charge in [-0.05, 0) is 31.9 Å².